The molecule has 2 aromatic carbocycles. The van der Waals surface area contributed by atoms with Crippen molar-refractivity contribution >= 4 is 27.5 Å². The molecule has 0 fully saturated rings. The average molecular weight is 360 g/mol. The summed E-state index contributed by atoms with van der Waals surface area (Å²) in [5, 5.41) is 1.47. The van der Waals surface area contributed by atoms with Crippen LogP contribution in [0.1, 0.15) is 52.7 Å². The summed E-state index contributed by atoms with van der Waals surface area (Å²) in [6.45, 7) is 14.0. The van der Waals surface area contributed by atoms with Crippen molar-refractivity contribution in [3.63, 3.8) is 0 Å². The predicted molar refractivity (Wildman–Crippen MR) is 110 cm³/mol. The van der Waals surface area contributed by atoms with Gasteiger partial charge >= 0.3 is 0 Å². The van der Waals surface area contributed by atoms with E-state index >= 15 is 0 Å². The molecule has 27 heavy (non-hydrogen) atoms. The first-order chi connectivity index (χ1) is 12.6. The fraction of sp³-hybridized carbons (Fsp3) is 0.375. The number of fused-ring (bicyclic) bond motifs is 6. The van der Waals surface area contributed by atoms with Gasteiger partial charge in [-0.3, -0.25) is 4.40 Å². The lowest BCUT2D eigenvalue weighted by Crippen LogP contribution is -2.42. The highest BCUT2D eigenvalue weighted by Gasteiger charge is 2.56. The molecule has 0 unspecified atom stereocenters. The molecule has 1 aliphatic rings. The quantitative estimate of drug-likeness (QED) is 0.356. The molecule has 0 saturated carbocycles. The van der Waals surface area contributed by atoms with E-state index in [-0.39, 0.29) is 22.1 Å². The third-order valence-corrected chi connectivity index (χ3v) is 7.97. The number of benzene rings is 2. The van der Waals surface area contributed by atoms with Crippen molar-refractivity contribution in [3.8, 4) is 0 Å². The molecule has 1 aliphatic carbocycles. The Morgan fingerprint density at radius 2 is 1.44 bits per heavy atom. The van der Waals surface area contributed by atoms with E-state index in [9.17, 15) is 4.39 Å². The molecule has 2 aromatic heterocycles. The van der Waals surface area contributed by atoms with Crippen molar-refractivity contribution < 1.29 is 4.39 Å². The van der Waals surface area contributed by atoms with Crippen LogP contribution in [0.2, 0.25) is 0 Å². The van der Waals surface area contributed by atoms with Crippen molar-refractivity contribution in [2.45, 2.75) is 52.4 Å². The molecule has 138 valence electrons. The van der Waals surface area contributed by atoms with Crippen LogP contribution >= 0.6 is 0 Å². The minimum Gasteiger partial charge on any atom is -0.296 e. The second-order valence-electron chi connectivity index (χ2n) is 9.59. The number of hydrogen-bond acceptors (Lipinski definition) is 1. The van der Waals surface area contributed by atoms with Gasteiger partial charge < -0.3 is 0 Å². The zero-order valence-electron chi connectivity index (χ0n) is 16.8. The van der Waals surface area contributed by atoms with Crippen LogP contribution in [0.25, 0.3) is 27.5 Å². The van der Waals surface area contributed by atoms with Crippen LogP contribution in [0.5, 0.6) is 0 Å². The van der Waals surface area contributed by atoms with Gasteiger partial charge in [-0.15, -0.1) is 0 Å². The first kappa shape index (κ1) is 16.7. The maximum absolute atomic E-state index is 14.7. The highest BCUT2D eigenvalue weighted by molar-refractivity contribution is 5.98. The molecule has 2 nitrogen and oxygen atoms in total. The summed E-state index contributed by atoms with van der Waals surface area (Å²) in [7, 11) is 0. The number of aromatic nitrogens is 2. The summed E-state index contributed by atoms with van der Waals surface area (Å²) in [4.78, 5) is 4.92. The van der Waals surface area contributed by atoms with Crippen LogP contribution in [0.4, 0.5) is 4.39 Å². The van der Waals surface area contributed by atoms with Gasteiger partial charge in [0.05, 0.1) is 11.0 Å². The first-order valence-corrected chi connectivity index (χ1v) is 9.61. The maximum atomic E-state index is 14.7. The van der Waals surface area contributed by atoms with Gasteiger partial charge in [-0.05, 0) is 39.5 Å². The minimum absolute atomic E-state index is 0.0135. The standard InChI is InChI=1S/C24H25FN2/c1-22(2)16-11-19-20(12-17(16)23(3,4)24(22,5)6)27-13-18(25)14-9-7-8-10-15(14)21(27)26-19/h7-13H,1-6H3. The van der Waals surface area contributed by atoms with Gasteiger partial charge in [-0.2, -0.15) is 0 Å². The topological polar surface area (TPSA) is 17.3 Å². The molecular formula is C24H25FN2. The fourth-order valence-electron chi connectivity index (χ4n) is 5.02. The zero-order valence-corrected chi connectivity index (χ0v) is 16.8. The van der Waals surface area contributed by atoms with Crippen LogP contribution in [-0.2, 0) is 10.8 Å². The van der Waals surface area contributed by atoms with E-state index in [0.717, 1.165) is 22.1 Å². The molecular weight excluding hydrogens is 335 g/mol. The molecule has 4 aromatic rings. The monoisotopic (exact) mass is 360 g/mol. The van der Waals surface area contributed by atoms with Crippen LogP contribution < -0.4 is 0 Å². The number of imidazole rings is 1. The van der Waals surface area contributed by atoms with Gasteiger partial charge in [0, 0.05) is 17.0 Å². The van der Waals surface area contributed by atoms with Gasteiger partial charge in [0.1, 0.15) is 11.5 Å². The first-order valence-electron chi connectivity index (χ1n) is 9.61. The van der Waals surface area contributed by atoms with Crippen molar-refractivity contribution in [2.24, 2.45) is 5.41 Å². The Hall–Kier alpha value is -2.42. The molecule has 0 spiro atoms. The summed E-state index contributed by atoms with van der Waals surface area (Å²) in [6.07, 6.45) is 1.58. The average Bonchev–Trinajstić information content (AvgIpc) is 3.02. The summed E-state index contributed by atoms with van der Waals surface area (Å²) in [6, 6.07) is 12.1. The fourth-order valence-corrected chi connectivity index (χ4v) is 5.02. The molecule has 2 heterocycles. The smallest absolute Gasteiger partial charge is 0.147 e. The van der Waals surface area contributed by atoms with Gasteiger partial charge in [0.2, 0.25) is 0 Å². The highest BCUT2D eigenvalue weighted by Crippen LogP contribution is 2.61. The molecule has 0 radical (unpaired) electrons. The van der Waals surface area contributed by atoms with Gasteiger partial charge in [0.15, 0.2) is 0 Å². The lowest BCUT2D eigenvalue weighted by atomic mass is 9.59. The Morgan fingerprint density at radius 1 is 0.852 bits per heavy atom. The van der Waals surface area contributed by atoms with Crippen LogP contribution in [-0.4, -0.2) is 9.38 Å². The highest BCUT2D eigenvalue weighted by atomic mass is 19.1. The van der Waals surface area contributed by atoms with Crippen molar-refractivity contribution in [2.75, 3.05) is 0 Å². The van der Waals surface area contributed by atoms with Crippen molar-refractivity contribution in [3.05, 3.63) is 59.5 Å². The Labute approximate surface area is 159 Å². The van der Waals surface area contributed by atoms with E-state index in [1.807, 2.05) is 28.7 Å². The van der Waals surface area contributed by atoms with E-state index in [4.69, 9.17) is 4.98 Å². The Balaban J connectivity index is 1.95. The number of rotatable bonds is 0. The molecule has 0 aliphatic heterocycles. The van der Waals surface area contributed by atoms with Gasteiger partial charge in [-0.25, -0.2) is 9.37 Å². The van der Waals surface area contributed by atoms with E-state index < -0.39 is 0 Å². The number of halogens is 1. The third-order valence-electron chi connectivity index (χ3n) is 7.97. The number of nitrogens with zero attached hydrogens (tertiary/aromatic N) is 2. The number of hydrogen-bond donors (Lipinski definition) is 0. The molecule has 0 bridgehead atoms. The third kappa shape index (κ3) is 1.78. The second-order valence-corrected chi connectivity index (χ2v) is 9.59. The van der Waals surface area contributed by atoms with E-state index in [0.29, 0.717) is 5.39 Å². The SMILES string of the molecule is CC1(C)c2cc3nc4c5ccccc5c(F)cn4c3cc2C(C)(C)C1(C)C. The van der Waals surface area contributed by atoms with Crippen LogP contribution in [0, 0.1) is 11.2 Å². The molecule has 0 atom stereocenters. The maximum Gasteiger partial charge on any atom is 0.147 e. The van der Waals surface area contributed by atoms with Crippen LogP contribution in [0.3, 0.4) is 0 Å². The molecule has 0 saturated heterocycles. The van der Waals surface area contributed by atoms with Crippen molar-refractivity contribution in [1.29, 1.82) is 0 Å². The van der Waals surface area contributed by atoms with Crippen molar-refractivity contribution in [1.82, 2.24) is 9.38 Å². The van der Waals surface area contributed by atoms with Gasteiger partial charge in [0.25, 0.3) is 0 Å². The molecule has 5 rings (SSSR count). The minimum atomic E-state index is -0.210. The van der Waals surface area contributed by atoms with E-state index in [1.165, 1.54) is 11.1 Å². The Kier molecular flexibility index (Phi) is 2.91. The second kappa shape index (κ2) is 4.70. The van der Waals surface area contributed by atoms with E-state index in [2.05, 4.69) is 53.7 Å². The molecule has 0 N–H and O–H groups in total. The lowest BCUT2D eigenvalue weighted by Gasteiger charge is -2.44. The summed E-state index contributed by atoms with van der Waals surface area (Å²) < 4.78 is 16.7. The zero-order chi connectivity index (χ0) is 19.4. The lowest BCUT2D eigenvalue weighted by molar-refractivity contribution is 0.125. The molecule has 0 amide bonds. The summed E-state index contributed by atoms with van der Waals surface area (Å²) >= 11 is 0. The normalized spacial score (nSPS) is 19.8. The molecule has 3 heteroatoms. The van der Waals surface area contributed by atoms with Gasteiger partial charge in [-0.1, -0.05) is 65.8 Å². The Morgan fingerprint density at radius 3 is 2.11 bits per heavy atom. The number of pyridine rings is 1. The largest absolute Gasteiger partial charge is 0.296 e. The van der Waals surface area contributed by atoms with Crippen LogP contribution in [0.15, 0.2) is 42.6 Å². The predicted octanol–water partition coefficient (Wildman–Crippen LogP) is 6.37. The summed E-state index contributed by atoms with van der Waals surface area (Å²) in [5.41, 5.74) is 5.59. The Bertz CT molecular complexity index is 1260. The van der Waals surface area contributed by atoms with E-state index in [1.54, 1.807) is 6.20 Å². The summed E-state index contributed by atoms with van der Waals surface area (Å²) in [5.74, 6) is -0.210.